The maximum Gasteiger partial charge on any atom is 0.320 e. The SMILES string of the molecule is CCOc1ccc(CCNC(=O)Nc2ccccn2)cc1OC. The summed E-state index contributed by atoms with van der Waals surface area (Å²) in [4.78, 5) is 15.8. The van der Waals surface area contributed by atoms with E-state index in [1.807, 2.05) is 31.2 Å². The van der Waals surface area contributed by atoms with E-state index in [9.17, 15) is 4.79 Å². The van der Waals surface area contributed by atoms with Gasteiger partial charge in [-0.05, 0) is 43.2 Å². The Hall–Kier alpha value is -2.76. The molecule has 0 fully saturated rings. The zero-order valence-electron chi connectivity index (χ0n) is 13.3. The quantitative estimate of drug-likeness (QED) is 0.824. The third-order valence-electron chi connectivity index (χ3n) is 3.13. The molecule has 0 saturated carbocycles. The van der Waals surface area contributed by atoms with Crippen LogP contribution in [0.5, 0.6) is 11.5 Å². The predicted octanol–water partition coefficient (Wildman–Crippen LogP) is 2.85. The molecule has 0 radical (unpaired) electrons. The minimum Gasteiger partial charge on any atom is -0.493 e. The molecule has 2 amide bonds. The van der Waals surface area contributed by atoms with Crippen molar-refractivity contribution in [2.45, 2.75) is 13.3 Å². The van der Waals surface area contributed by atoms with Gasteiger partial charge in [0.1, 0.15) is 5.82 Å². The molecule has 0 atom stereocenters. The summed E-state index contributed by atoms with van der Waals surface area (Å²) in [5.41, 5.74) is 1.06. The van der Waals surface area contributed by atoms with Crippen LogP contribution in [0, 0.1) is 0 Å². The number of rotatable bonds is 7. The van der Waals surface area contributed by atoms with Gasteiger partial charge in [0, 0.05) is 12.7 Å². The van der Waals surface area contributed by atoms with Crippen molar-refractivity contribution in [3.05, 3.63) is 48.2 Å². The second kappa shape index (κ2) is 8.63. The van der Waals surface area contributed by atoms with Crippen LogP contribution >= 0.6 is 0 Å². The second-order valence-corrected chi connectivity index (χ2v) is 4.76. The average molecular weight is 315 g/mol. The van der Waals surface area contributed by atoms with Gasteiger partial charge in [0.05, 0.1) is 13.7 Å². The summed E-state index contributed by atoms with van der Waals surface area (Å²) in [5.74, 6) is 1.94. The molecule has 1 heterocycles. The van der Waals surface area contributed by atoms with Gasteiger partial charge in [-0.1, -0.05) is 12.1 Å². The van der Waals surface area contributed by atoms with Gasteiger partial charge >= 0.3 is 6.03 Å². The molecule has 0 bridgehead atoms. The molecule has 6 nitrogen and oxygen atoms in total. The molecule has 0 aliphatic heterocycles. The van der Waals surface area contributed by atoms with Crippen LogP contribution in [-0.4, -0.2) is 31.3 Å². The Labute approximate surface area is 135 Å². The normalized spacial score (nSPS) is 10.0. The summed E-state index contributed by atoms with van der Waals surface area (Å²) < 4.78 is 10.8. The summed E-state index contributed by atoms with van der Waals surface area (Å²) in [5, 5.41) is 5.47. The van der Waals surface area contributed by atoms with E-state index >= 15 is 0 Å². The van der Waals surface area contributed by atoms with Gasteiger partial charge in [-0.2, -0.15) is 0 Å². The van der Waals surface area contributed by atoms with Gasteiger partial charge in [-0.15, -0.1) is 0 Å². The van der Waals surface area contributed by atoms with E-state index < -0.39 is 0 Å². The molecule has 1 aromatic heterocycles. The molecular formula is C17H21N3O3. The Morgan fingerprint density at radius 1 is 1.22 bits per heavy atom. The first-order chi connectivity index (χ1) is 11.2. The van der Waals surface area contributed by atoms with Crippen molar-refractivity contribution in [2.75, 3.05) is 25.6 Å². The number of hydrogen-bond donors (Lipinski definition) is 2. The smallest absolute Gasteiger partial charge is 0.320 e. The zero-order valence-corrected chi connectivity index (χ0v) is 13.3. The van der Waals surface area contributed by atoms with E-state index in [4.69, 9.17) is 9.47 Å². The van der Waals surface area contributed by atoms with Gasteiger partial charge in [-0.25, -0.2) is 9.78 Å². The van der Waals surface area contributed by atoms with Crippen LogP contribution in [0.2, 0.25) is 0 Å². The molecule has 0 spiro atoms. The fourth-order valence-corrected chi connectivity index (χ4v) is 2.06. The number of benzene rings is 1. The number of aromatic nitrogens is 1. The van der Waals surface area contributed by atoms with Crippen LogP contribution in [0.1, 0.15) is 12.5 Å². The first-order valence-corrected chi connectivity index (χ1v) is 7.48. The molecule has 0 aliphatic carbocycles. The van der Waals surface area contributed by atoms with Crippen LogP contribution in [0.25, 0.3) is 0 Å². The average Bonchev–Trinajstić information content (AvgIpc) is 2.57. The van der Waals surface area contributed by atoms with Crippen LogP contribution in [0.3, 0.4) is 0 Å². The molecule has 23 heavy (non-hydrogen) atoms. The number of pyridine rings is 1. The second-order valence-electron chi connectivity index (χ2n) is 4.76. The number of anilines is 1. The molecule has 0 aliphatic rings. The van der Waals surface area contributed by atoms with E-state index in [1.54, 1.807) is 25.4 Å². The molecule has 1 aromatic carbocycles. The van der Waals surface area contributed by atoms with Crippen molar-refractivity contribution in [3.63, 3.8) is 0 Å². The highest BCUT2D eigenvalue weighted by atomic mass is 16.5. The lowest BCUT2D eigenvalue weighted by Crippen LogP contribution is -2.30. The van der Waals surface area contributed by atoms with Crippen molar-refractivity contribution in [1.29, 1.82) is 0 Å². The van der Waals surface area contributed by atoms with Crippen molar-refractivity contribution in [1.82, 2.24) is 10.3 Å². The number of urea groups is 1. The molecule has 122 valence electrons. The van der Waals surface area contributed by atoms with E-state index in [-0.39, 0.29) is 6.03 Å². The van der Waals surface area contributed by atoms with Crippen molar-refractivity contribution < 1.29 is 14.3 Å². The number of amides is 2. The number of nitrogens with zero attached hydrogens (tertiary/aromatic N) is 1. The monoisotopic (exact) mass is 315 g/mol. The number of ether oxygens (including phenoxy) is 2. The van der Waals surface area contributed by atoms with Crippen molar-refractivity contribution >= 4 is 11.8 Å². The predicted molar refractivity (Wildman–Crippen MR) is 89.1 cm³/mol. The molecule has 0 unspecified atom stereocenters. The molecule has 0 saturated heterocycles. The van der Waals surface area contributed by atoms with E-state index in [0.29, 0.717) is 31.1 Å². The highest BCUT2D eigenvalue weighted by Gasteiger charge is 2.06. The summed E-state index contributed by atoms with van der Waals surface area (Å²) >= 11 is 0. The minimum absolute atomic E-state index is 0.276. The Morgan fingerprint density at radius 2 is 2.09 bits per heavy atom. The van der Waals surface area contributed by atoms with Crippen LogP contribution < -0.4 is 20.1 Å². The lowest BCUT2D eigenvalue weighted by atomic mass is 10.1. The number of hydrogen-bond acceptors (Lipinski definition) is 4. The number of methoxy groups -OCH3 is 1. The molecular weight excluding hydrogens is 294 g/mol. The zero-order chi connectivity index (χ0) is 16.5. The summed E-state index contributed by atoms with van der Waals surface area (Å²) in [6.45, 7) is 3.03. The third-order valence-corrected chi connectivity index (χ3v) is 3.13. The van der Waals surface area contributed by atoms with E-state index in [1.165, 1.54) is 0 Å². The molecule has 6 heteroatoms. The first kappa shape index (κ1) is 16.6. The Bertz CT molecular complexity index is 632. The maximum atomic E-state index is 11.8. The van der Waals surface area contributed by atoms with Gasteiger partial charge in [-0.3, -0.25) is 5.32 Å². The molecule has 2 aromatic rings. The minimum atomic E-state index is -0.276. The van der Waals surface area contributed by atoms with Gasteiger partial charge in [0.2, 0.25) is 0 Å². The number of nitrogens with one attached hydrogen (secondary N) is 2. The number of carbonyl (C=O) groups is 1. The van der Waals surface area contributed by atoms with E-state index in [2.05, 4.69) is 15.6 Å². The van der Waals surface area contributed by atoms with Gasteiger partial charge in [0.25, 0.3) is 0 Å². The fourth-order valence-electron chi connectivity index (χ4n) is 2.06. The Kier molecular flexibility index (Phi) is 6.23. The Balaban J connectivity index is 1.82. The van der Waals surface area contributed by atoms with Crippen molar-refractivity contribution in [2.24, 2.45) is 0 Å². The highest BCUT2D eigenvalue weighted by Crippen LogP contribution is 2.28. The van der Waals surface area contributed by atoms with Gasteiger partial charge in [0.15, 0.2) is 11.5 Å². The third kappa shape index (κ3) is 5.18. The maximum absolute atomic E-state index is 11.8. The summed E-state index contributed by atoms with van der Waals surface area (Å²) in [6, 6.07) is 10.8. The number of carbonyl (C=O) groups excluding carboxylic acids is 1. The van der Waals surface area contributed by atoms with Crippen molar-refractivity contribution in [3.8, 4) is 11.5 Å². The topological polar surface area (TPSA) is 72.5 Å². The van der Waals surface area contributed by atoms with E-state index in [0.717, 1.165) is 11.3 Å². The highest BCUT2D eigenvalue weighted by molar-refractivity contribution is 5.88. The standard InChI is InChI=1S/C17H21N3O3/c1-3-23-14-8-7-13(12-15(14)22-2)9-11-19-17(21)20-16-6-4-5-10-18-16/h4-8,10,12H,3,9,11H2,1-2H3,(H2,18,19,20,21). The lowest BCUT2D eigenvalue weighted by molar-refractivity contribution is 0.252. The summed E-state index contributed by atoms with van der Waals surface area (Å²) in [7, 11) is 1.61. The van der Waals surface area contributed by atoms with Crippen LogP contribution in [0.4, 0.5) is 10.6 Å². The van der Waals surface area contributed by atoms with Crippen LogP contribution in [0.15, 0.2) is 42.6 Å². The first-order valence-electron chi connectivity index (χ1n) is 7.48. The molecule has 2 rings (SSSR count). The summed E-state index contributed by atoms with van der Waals surface area (Å²) in [6.07, 6.45) is 2.32. The van der Waals surface area contributed by atoms with Gasteiger partial charge < -0.3 is 14.8 Å². The molecule has 2 N–H and O–H groups in total. The van der Waals surface area contributed by atoms with Crippen LogP contribution in [-0.2, 0) is 6.42 Å². The lowest BCUT2D eigenvalue weighted by Gasteiger charge is -2.11. The largest absolute Gasteiger partial charge is 0.493 e. The Morgan fingerprint density at radius 3 is 2.78 bits per heavy atom. The fraction of sp³-hybridized carbons (Fsp3) is 0.294.